The van der Waals surface area contributed by atoms with E-state index < -0.39 is 23.9 Å². The van der Waals surface area contributed by atoms with E-state index in [0.717, 1.165) is 50.4 Å². The smallest absolute Gasteiger partial charge is 0.355 e. The van der Waals surface area contributed by atoms with Crippen molar-refractivity contribution in [2.75, 3.05) is 0 Å². The van der Waals surface area contributed by atoms with Crippen molar-refractivity contribution in [2.45, 2.75) is 13.8 Å². The molecular formula is C76H63Ir4N13O8-4. The van der Waals surface area contributed by atoms with Crippen LogP contribution in [0.2, 0.25) is 0 Å². The number of pyridine rings is 4. The zero-order valence-electron chi connectivity index (χ0n) is 54.5. The summed E-state index contributed by atoms with van der Waals surface area (Å²) in [7, 11) is 5.79. The molecule has 4 N–H and O–H groups in total. The van der Waals surface area contributed by atoms with E-state index in [1.807, 2.05) is 152 Å². The summed E-state index contributed by atoms with van der Waals surface area (Å²) >= 11 is 0. The number of aromatic carboxylic acids is 4. The summed E-state index contributed by atoms with van der Waals surface area (Å²) in [6.07, 6.45) is 19.0. The maximum absolute atomic E-state index is 10.8. The molecule has 0 aliphatic carbocycles. The first-order valence-electron chi connectivity index (χ1n) is 29.3. The second-order valence-electron chi connectivity index (χ2n) is 20.4. The molecule has 21 nitrogen and oxygen atoms in total. The number of carboxylic acids is 4. The minimum atomic E-state index is -0.990. The first-order chi connectivity index (χ1) is 46.9. The van der Waals surface area contributed by atoms with E-state index in [1.54, 1.807) is 90.1 Å². The van der Waals surface area contributed by atoms with Gasteiger partial charge in [-0.2, -0.15) is 34.9 Å². The molecule has 14 rings (SSSR count). The van der Waals surface area contributed by atoms with Crippen LogP contribution < -0.4 is 0 Å². The third-order valence-electron chi connectivity index (χ3n) is 12.9. The number of carbonyl (C=O) groups is 4. The number of carboxylic acid groups (broad SMARTS) is 4. The van der Waals surface area contributed by atoms with Crippen LogP contribution in [-0.4, -0.2) is 103 Å². The normalized spacial score (nSPS) is 9.43. The molecule has 0 aliphatic heterocycles. The van der Waals surface area contributed by atoms with Crippen molar-refractivity contribution < 1.29 is 120 Å². The van der Waals surface area contributed by atoms with Gasteiger partial charge in [0.25, 0.3) is 0 Å². The van der Waals surface area contributed by atoms with E-state index in [9.17, 15) is 19.2 Å². The first kappa shape index (κ1) is 84.2. The van der Waals surface area contributed by atoms with E-state index in [4.69, 9.17) is 27.0 Å². The van der Waals surface area contributed by atoms with Crippen LogP contribution in [0.5, 0.6) is 0 Å². The van der Waals surface area contributed by atoms with Crippen LogP contribution in [0.3, 0.4) is 0 Å². The number of hydrogen-bond acceptors (Lipinski definition) is 12. The summed E-state index contributed by atoms with van der Waals surface area (Å²) in [5, 5.41) is 43.8. The Morgan fingerprint density at radius 2 is 0.970 bits per heavy atom. The largest absolute Gasteiger partial charge is 0.477 e. The van der Waals surface area contributed by atoms with E-state index in [1.165, 1.54) is 59.7 Å². The predicted molar refractivity (Wildman–Crippen MR) is 368 cm³/mol. The number of aromatic nitrogens is 12. The molecule has 6 aromatic carbocycles. The Balaban J connectivity index is 0.000000302. The van der Waals surface area contributed by atoms with Gasteiger partial charge in [-0.3, -0.25) is 24.2 Å². The summed E-state index contributed by atoms with van der Waals surface area (Å²) in [6.45, 7) is 11.0. The van der Waals surface area contributed by atoms with Crippen LogP contribution in [0, 0.1) is 44.7 Å². The average Bonchev–Trinajstić information content (AvgIpc) is 1.65. The van der Waals surface area contributed by atoms with Gasteiger partial charge in [-0.25, -0.2) is 44.2 Å². The van der Waals surface area contributed by atoms with E-state index in [2.05, 4.69) is 106 Å². The van der Waals surface area contributed by atoms with Gasteiger partial charge in [0.2, 0.25) is 0 Å². The molecule has 0 saturated carbocycles. The summed E-state index contributed by atoms with van der Waals surface area (Å²) in [4.78, 5) is 67.6. The molecule has 0 unspecified atom stereocenters. The number of rotatable bonds is 9. The molecule has 0 fully saturated rings. The topological polar surface area (TPSA) is 276 Å². The Hall–Kier alpha value is -11.0. The molecule has 25 heteroatoms. The van der Waals surface area contributed by atoms with Crippen molar-refractivity contribution in [2.24, 2.45) is 21.1 Å². The van der Waals surface area contributed by atoms with Crippen molar-refractivity contribution in [1.82, 2.24) is 58.6 Å². The molecule has 0 amide bonds. The zero-order chi connectivity index (χ0) is 69.3. The van der Waals surface area contributed by atoms with Crippen molar-refractivity contribution in [3.63, 3.8) is 0 Å². The number of hydrogen-bond donors (Lipinski definition) is 4. The Morgan fingerprint density at radius 3 is 1.43 bits per heavy atom. The van der Waals surface area contributed by atoms with Crippen LogP contribution in [0.25, 0.3) is 66.2 Å². The minimum Gasteiger partial charge on any atom is -0.477 e. The first-order valence-corrected chi connectivity index (χ1v) is 29.3. The molecule has 4 radical (unpaired) electrons. The third-order valence-corrected chi connectivity index (χ3v) is 12.9. The van der Waals surface area contributed by atoms with Crippen LogP contribution in [0.15, 0.2) is 269 Å². The quantitative estimate of drug-likeness (QED) is 0.0978. The van der Waals surface area contributed by atoms with Crippen molar-refractivity contribution >= 4 is 40.3 Å². The molecule has 8 heterocycles. The predicted octanol–water partition coefficient (Wildman–Crippen LogP) is 14.4. The van der Waals surface area contributed by atoms with Gasteiger partial charge in [0.15, 0.2) is 5.69 Å². The molecule has 8 aromatic heterocycles. The Bertz CT molecular complexity index is 4710. The van der Waals surface area contributed by atoms with E-state index in [-0.39, 0.29) is 103 Å². The standard InChI is InChI=1S/C16H13N2.C11H8N3.C11H11N2.C10H9N2.C10H7NO2.3C6H5NO2.4Ir/c1-18-11-16(17-12-18)15-9-5-8-14(10-15)13-6-3-2-4-7-13;1-12-10-5-3-4-9(6-10)11-7-14(2)8-13-11;1-9-4-3-5-11(6-9)13-8-10(2)7-12-13;1-12-8-7-10(11-12)9-5-3-2-4-6-9;12-10(13)9-8-4-2-1-3-7(8)5-6-11-9;3*8-6(9)5-3-1-2-4-7-5;;;;/h2-8,10-12H,1H3;3,5-8H,2H3;3-4,6-8H,1-2H3;2-5,7-8H,1H3;1-6H,(H,12,13);3*1-4H,(H,8,9);;;;/q4*-1;;;;;;;;. The van der Waals surface area contributed by atoms with Gasteiger partial charge in [-0.05, 0) is 84.0 Å². The molecule has 0 spiro atoms. The second-order valence-corrected chi connectivity index (χ2v) is 20.4. The van der Waals surface area contributed by atoms with Gasteiger partial charge in [-0.15, -0.1) is 101 Å². The molecule has 101 heavy (non-hydrogen) atoms. The second kappa shape index (κ2) is 44.8. The zero-order valence-corrected chi connectivity index (χ0v) is 64.1. The van der Waals surface area contributed by atoms with E-state index >= 15 is 0 Å². The fraction of sp³-hybridized carbons (Fsp3) is 0.0658. The van der Waals surface area contributed by atoms with Gasteiger partial charge in [0.05, 0.1) is 25.4 Å². The van der Waals surface area contributed by atoms with Gasteiger partial charge in [0, 0.05) is 161 Å². The molecule has 520 valence electrons. The number of nitrogens with zero attached hydrogens (tertiary/aromatic N) is 13. The Morgan fingerprint density at radius 1 is 0.446 bits per heavy atom. The summed E-state index contributed by atoms with van der Waals surface area (Å²) in [6, 6.07) is 73.5. The monoisotopic (exact) mass is 2060 g/mol. The van der Waals surface area contributed by atoms with Crippen LogP contribution in [-0.2, 0) is 102 Å². The fourth-order valence-electron chi connectivity index (χ4n) is 8.31. The SMILES string of the molecule is Cc1cc[c-]c(-n2cc(C)cn2)c1.Cn1ccc(-c2[c-]cccc2)n1.Cn1cnc(-c2[c-]ccc(-c3ccccc3)c2)c1.O=C(O)c1ccccn1.O=C(O)c1ccccn1.O=C(O)c1ccccn1.O=C(O)c1nccc2ccccc12.[C-]#[N+]c1cc[c-]c(-c2cn(C)cn2)c1.[Ir].[Ir].[Ir].[Ir]. The summed E-state index contributed by atoms with van der Waals surface area (Å²) < 4.78 is 7.44. The van der Waals surface area contributed by atoms with Crippen LogP contribution in [0.1, 0.15) is 53.1 Å². The third kappa shape index (κ3) is 28.4. The van der Waals surface area contributed by atoms with Gasteiger partial charge >= 0.3 is 23.9 Å². The van der Waals surface area contributed by atoms with Gasteiger partial charge < -0.3 is 29.6 Å². The van der Waals surface area contributed by atoms with Crippen molar-refractivity contribution in [1.29, 1.82) is 0 Å². The number of fused-ring (bicyclic) bond motifs is 1. The molecule has 0 aliphatic rings. The average molecular weight is 2060 g/mol. The maximum Gasteiger partial charge on any atom is 0.355 e. The molecule has 0 bridgehead atoms. The number of aryl methyl sites for hydroxylation is 5. The Labute approximate surface area is 637 Å². The van der Waals surface area contributed by atoms with Crippen molar-refractivity contribution in [3.05, 3.63) is 338 Å². The molecular weight excluding hydrogens is 1990 g/mol. The summed E-state index contributed by atoms with van der Waals surface area (Å²) in [5.41, 5.74) is 12.4. The Kier molecular flexibility index (Phi) is 37.4. The summed E-state index contributed by atoms with van der Waals surface area (Å²) in [5.74, 6) is -3.96. The van der Waals surface area contributed by atoms with Crippen LogP contribution in [0.4, 0.5) is 5.69 Å². The molecule has 0 saturated heterocycles. The number of benzene rings is 6. The fourth-order valence-corrected chi connectivity index (χ4v) is 8.31. The van der Waals surface area contributed by atoms with Crippen molar-refractivity contribution in [3.8, 4) is 50.6 Å². The van der Waals surface area contributed by atoms with Gasteiger partial charge in [-0.1, -0.05) is 85.8 Å². The maximum atomic E-state index is 10.8. The minimum absolute atomic E-state index is 0. The van der Waals surface area contributed by atoms with Gasteiger partial charge in [0.1, 0.15) is 22.8 Å². The molecule has 0 atom stereocenters. The molecule has 14 aromatic rings. The number of imidazole rings is 2. The van der Waals surface area contributed by atoms with Crippen LogP contribution >= 0.6 is 0 Å². The van der Waals surface area contributed by atoms with E-state index in [0.29, 0.717) is 11.1 Å².